The van der Waals surface area contributed by atoms with E-state index in [2.05, 4.69) is 23.3 Å². The second kappa shape index (κ2) is 11.6. The minimum Gasteiger partial charge on any atom is -0.398 e. The van der Waals surface area contributed by atoms with Crippen molar-refractivity contribution in [3.05, 3.63) is 84.9 Å². The predicted octanol–water partition coefficient (Wildman–Crippen LogP) is 5.61. The highest BCUT2D eigenvalue weighted by molar-refractivity contribution is 8.00. The van der Waals surface area contributed by atoms with Crippen molar-refractivity contribution in [3.8, 4) is 0 Å². The van der Waals surface area contributed by atoms with E-state index in [1.54, 1.807) is 6.07 Å². The summed E-state index contributed by atoms with van der Waals surface area (Å²) >= 11 is 6.80. The molecule has 12 nitrogen and oxygen atoms in total. The highest BCUT2D eigenvalue weighted by atomic mass is 32.2. The van der Waals surface area contributed by atoms with Crippen LogP contribution >= 0.6 is 36.2 Å². The Morgan fingerprint density at radius 1 is 0.714 bits per heavy atom. The smallest absolute Gasteiger partial charge is 0.270 e. The van der Waals surface area contributed by atoms with Crippen LogP contribution in [0.2, 0.25) is 0 Å². The SMILES string of the molecule is Nc1ccc([N+](=O)[O-])cc1SCNc1ccc([N+](=O)[O-])cc1SCNc1ccc([N+](=O)[O-])cc1S. The monoisotopic (exact) mass is 534 g/mol. The van der Waals surface area contributed by atoms with Gasteiger partial charge in [0.25, 0.3) is 17.1 Å². The highest BCUT2D eigenvalue weighted by Crippen LogP contribution is 2.34. The van der Waals surface area contributed by atoms with E-state index in [1.165, 1.54) is 72.1 Å². The molecule has 0 amide bonds. The van der Waals surface area contributed by atoms with Crippen molar-refractivity contribution >= 4 is 70.3 Å². The molecule has 0 spiro atoms. The minimum atomic E-state index is -0.515. The van der Waals surface area contributed by atoms with Gasteiger partial charge in [-0.25, -0.2) is 0 Å². The zero-order valence-corrected chi connectivity index (χ0v) is 20.3. The topological polar surface area (TPSA) is 180 Å². The van der Waals surface area contributed by atoms with Gasteiger partial charge in [-0.1, -0.05) is 0 Å². The second-order valence-corrected chi connectivity index (χ2v) is 9.32. The first-order chi connectivity index (χ1) is 16.7. The lowest BCUT2D eigenvalue weighted by molar-refractivity contribution is -0.385. The lowest BCUT2D eigenvalue weighted by Gasteiger charge is -2.13. The first-order valence-corrected chi connectivity index (χ1v) is 12.1. The Labute approximate surface area is 212 Å². The number of thioether (sulfide) groups is 2. The van der Waals surface area contributed by atoms with Crippen molar-refractivity contribution < 1.29 is 14.8 Å². The Hall–Kier alpha value is -3.69. The number of non-ortho nitro benzene ring substituents is 3. The number of hydrogen-bond acceptors (Lipinski definition) is 12. The fourth-order valence-electron chi connectivity index (χ4n) is 2.82. The number of anilines is 3. The lowest BCUT2D eigenvalue weighted by atomic mass is 10.3. The summed E-state index contributed by atoms with van der Waals surface area (Å²) < 4.78 is 0. The maximum atomic E-state index is 11.2. The van der Waals surface area contributed by atoms with Gasteiger partial charge in [0.15, 0.2) is 0 Å². The van der Waals surface area contributed by atoms with Gasteiger partial charge in [0.1, 0.15) is 0 Å². The molecule has 0 aromatic heterocycles. The molecule has 0 fully saturated rings. The molecular formula is C20H18N6O6S3. The Bertz CT molecular complexity index is 1290. The predicted molar refractivity (Wildman–Crippen MR) is 140 cm³/mol. The summed E-state index contributed by atoms with van der Waals surface area (Å²) in [6.07, 6.45) is 0. The van der Waals surface area contributed by atoms with Crippen LogP contribution in [0.25, 0.3) is 0 Å². The Morgan fingerprint density at radius 3 is 1.74 bits per heavy atom. The number of hydrogen-bond donors (Lipinski definition) is 4. The number of nitrogens with two attached hydrogens (primary N) is 1. The number of nitrogen functional groups attached to an aromatic ring is 1. The molecule has 0 saturated heterocycles. The van der Waals surface area contributed by atoms with Crippen LogP contribution in [-0.2, 0) is 0 Å². The quantitative estimate of drug-likeness (QED) is 0.0600. The molecule has 0 saturated carbocycles. The molecule has 4 N–H and O–H groups in total. The largest absolute Gasteiger partial charge is 0.398 e. The number of nitrogens with one attached hydrogen (secondary N) is 2. The molecule has 0 radical (unpaired) electrons. The van der Waals surface area contributed by atoms with Gasteiger partial charge in [0.2, 0.25) is 0 Å². The normalized spacial score (nSPS) is 10.5. The van der Waals surface area contributed by atoms with Gasteiger partial charge in [-0.3, -0.25) is 30.3 Å². The van der Waals surface area contributed by atoms with Crippen molar-refractivity contribution in [2.45, 2.75) is 14.7 Å². The van der Waals surface area contributed by atoms with Gasteiger partial charge < -0.3 is 16.4 Å². The van der Waals surface area contributed by atoms with E-state index in [0.29, 0.717) is 43.5 Å². The fourth-order valence-corrected chi connectivity index (χ4v) is 4.81. The van der Waals surface area contributed by atoms with Crippen LogP contribution in [0, 0.1) is 30.3 Å². The minimum absolute atomic E-state index is 0.0749. The summed E-state index contributed by atoms with van der Waals surface area (Å²) in [7, 11) is 0. The van der Waals surface area contributed by atoms with E-state index in [1.807, 2.05) is 0 Å². The van der Waals surface area contributed by atoms with Gasteiger partial charge in [0.05, 0.1) is 26.5 Å². The molecule has 3 aromatic rings. The van der Waals surface area contributed by atoms with E-state index in [4.69, 9.17) is 5.73 Å². The third-order valence-corrected chi connectivity index (χ3v) is 6.82. The van der Waals surface area contributed by atoms with Crippen molar-refractivity contribution in [3.63, 3.8) is 0 Å². The van der Waals surface area contributed by atoms with Crippen LogP contribution in [0.4, 0.5) is 34.1 Å². The first-order valence-electron chi connectivity index (χ1n) is 9.69. The number of thiol groups is 1. The number of nitro groups is 3. The summed E-state index contributed by atoms with van der Waals surface area (Å²) in [6, 6.07) is 12.8. The van der Waals surface area contributed by atoms with Gasteiger partial charge in [-0.2, -0.15) is 0 Å². The Morgan fingerprint density at radius 2 is 1.17 bits per heavy atom. The van der Waals surface area contributed by atoms with Crippen LogP contribution < -0.4 is 16.4 Å². The first kappa shape index (κ1) is 25.9. The van der Waals surface area contributed by atoms with Crippen LogP contribution in [0.15, 0.2) is 69.3 Å². The molecule has 0 atom stereocenters. The summed E-state index contributed by atoms with van der Waals surface area (Å²) in [5.74, 6) is 0.597. The maximum absolute atomic E-state index is 11.2. The molecule has 0 heterocycles. The summed E-state index contributed by atoms with van der Waals surface area (Å²) in [5, 5.41) is 39.4. The molecule has 0 aliphatic heterocycles. The zero-order valence-electron chi connectivity index (χ0n) is 17.7. The lowest BCUT2D eigenvalue weighted by Crippen LogP contribution is -2.03. The third-order valence-electron chi connectivity index (χ3n) is 4.56. The fraction of sp³-hybridized carbons (Fsp3) is 0.100. The summed E-state index contributed by atoms with van der Waals surface area (Å²) in [6.45, 7) is 0. The number of rotatable bonds is 11. The van der Waals surface area contributed by atoms with E-state index in [-0.39, 0.29) is 17.1 Å². The van der Waals surface area contributed by atoms with Crippen molar-refractivity contribution in [1.82, 2.24) is 0 Å². The summed E-state index contributed by atoms with van der Waals surface area (Å²) in [5.41, 5.74) is 7.26. The Balaban J connectivity index is 1.69. The molecule has 0 unspecified atom stereocenters. The van der Waals surface area contributed by atoms with Gasteiger partial charge in [0, 0.05) is 68.1 Å². The third kappa shape index (κ3) is 6.91. The van der Waals surface area contributed by atoms with Crippen LogP contribution in [0.5, 0.6) is 0 Å². The van der Waals surface area contributed by atoms with Crippen LogP contribution in [-0.4, -0.2) is 26.5 Å². The summed E-state index contributed by atoms with van der Waals surface area (Å²) in [4.78, 5) is 33.1. The average Bonchev–Trinajstić information content (AvgIpc) is 2.81. The molecule has 0 aliphatic rings. The molecule has 182 valence electrons. The van der Waals surface area contributed by atoms with E-state index in [0.717, 1.165) is 0 Å². The molecule has 0 aliphatic carbocycles. The van der Waals surface area contributed by atoms with E-state index >= 15 is 0 Å². The van der Waals surface area contributed by atoms with Crippen molar-refractivity contribution in [1.29, 1.82) is 0 Å². The molecule has 3 rings (SSSR count). The Kier molecular flexibility index (Phi) is 8.62. The number of benzene rings is 3. The van der Waals surface area contributed by atoms with Crippen molar-refractivity contribution in [2.75, 3.05) is 28.1 Å². The van der Waals surface area contributed by atoms with Crippen LogP contribution in [0.3, 0.4) is 0 Å². The van der Waals surface area contributed by atoms with Gasteiger partial charge >= 0.3 is 0 Å². The zero-order chi connectivity index (χ0) is 25.5. The number of nitro benzene ring substituents is 3. The average molecular weight is 535 g/mol. The van der Waals surface area contributed by atoms with Crippen LogP contribution in [0.1, 0.15) is 0 Å². The van der Waals surface area contributed by atoms with Gasteiger partial charge in [-0.15, -0.1) is 36.2 Å². The molecular weight excluding hydrogens is 516 g/mol. The number of nitrogens with zero attached hydrogens (tertiary/aromatic N) is 3. The molecule has 0 bridgehead atoms. The second-order valence-electron chi connectivity index (χ2n) is 6.81. The van der Waals surface area contributed by atoms with Gasteiger partial charge in [-0.05, 0) is 18.2 Å². The van der Waals surface area contributed by atoms with Crippen molar-refractivity contribution in [2.24, 2.45) is 0 Å². The molecule has 15 heteroatoms. The standard InChI is InChI=1S/C20H18N6O6S3/c21-15-4-1-13(25(29)30)8-19(15)34-11-23-17-6-3-14(26(31)32)9-20(17)35-10-22-16-5-2-12(24(27)28)7-18(16)33/h1-9,22-23,33H,10-11,21H2. The highest BCUT2D eigenvalue weighted by Gasteiger charge is 2.14. The van der Waals surface area contributed by atoms with E-state index in [9.17, 15) is 30.3 Å². The molecule has 3 aromatic carbocycles. The maximum Gasteiger partial charge on any atom is 0.270 e. The van der Waals surface area contributed by atoms with E-state index < -0.39 is 14.8 Å². The molecule has 35 heavy (non-hydrogen) atoms.